The number of nitrogens with one attached hydrogen (secondary N) is 1. The first-order chi connectivity index (χ1) is 9.10. The van der Waals surface area contributed by atoms with Crippen molar-refractivity contribution in [1.82, 2.24) is 0 Å². The number of hydrogen-bond acceptors (Lipinski definition) is 2. The van der Waals surface area contributed by atoms with E-state index in [9.17, 15) is 0 Å². The zero-order valence-electron chi connectivity index (χ0n) is 12.1. The second-order valence-corrected chi connectivity index (χ2v) is 6.25. The Morgan fingerprint density at radius 2 is 1.89 bits per heavy atom. The maximum absolute atomic E-state index is 6.23. The summed E-state index contributed by atoms with van der Waals surface area (Å²) in [5.74, 6) is 2.54. The molecule has 1 saturated carbocycles. The molecule has 0 aliphatic heterocycles. The van der Waals surface area contributed by atoms with E-state index in [2.05, 4.69) is 19.2 Å². The summed E-state index contributed by atoms with van der Waals surface area (Å²) >= 11 is 6.23. The van der Waals surface area contributed by atoms with Crippen molar-refractivity contribution in [2.45, 2.75) is 45.6 Å². The van der Waals surface area contributed by atoms with Crippen molar-refractivity contribution in [1.29, 1.82) is 0 Å². The highest BCUT2D eigenvalue weighted by Gasteiger charge is 2.23. The molecule has 0 spiro atoms. The van der Waals surface area contributed by atoms with Crippen molar-refractivity contribution in [2.24, 2.45) is 11.8 Å². The van der Waals surface area contributed by atoms with Gasteiger partial charge in [-0.1, -0.05) is 25.4 Å². The molecule has 1 N–H and O–H groups in total. The number of hydrogen-bond donors (Lipinski definition) is 1. The fraction of sp³-hybridized carbons (Fsp3) is 0.625. The summed E-state index contributed by atoms with van der Waals surface area (Å²) in [6, 6.07) is 6.31. The third-order valence-corrected chi connectivity index (χ3v) is 4.58. The third-order valence-electron chi connectivity index (χ3n) is 4.25. The van der Waals surface area contributed by atoms with Crippen molar-refractivity contribution < 1.29 is 4.74 Å². The van der Waals surface area contributed by atoms with Crippen LogP contribution < -0.4 is 10.1 Å². The zero-order chi connectivity index (χ0) is 13.8. The van der Waals surface area contributed by atoms with Crippen LogP contribution in [0.2, 0.25) is 5.02 Å². The highest BCUT2D eigenvalue weighted by Crippen LogP contribution is 2.33. The zero-order valence-corrected chi connectivity index (χ0v) is 12.8. The topological polar surface area (TPSA) is 21.3 Å². The van der Waals surface area contributed by atoms with Crippen molar-refractivity contribution in [3.8, 4) is 5.75 Å². The molecule has 0 unspecified atom stereocenters. The fourth-order valence-electron chi connectivity index (χ4n) is 2.89. The highest BCUT2D eigenvalue weighted by atomic mass is 35.5. The SMILES string of the molecule is COc1ccc(Cl)c(NC2CCC(C(C)C)CC2)c1. The Bertz CT molecular complexity index is 411. The first-order valence-corrected chi connectivity index (χ1v) is 7.58. The average molecular weight is 282 g/mol. The van der Waals surface area contributed by atoms with Crippen LogP contribution in [-0.2, 0) is 0 Å². The summed E-state index contributed by atoms with van der Waals surface area (Å²) in [5, 5.41) is 4.34. The third kappa shape index (κ3) is 3.79. The molecule has 1 aromatic carbocycles. The Hall–Kier alpha value is -0.890. The average Bonchev–Trinajstić information content (AvgIpc) is 2.42. The molecule has 0 radical (unpaired) electrons. The van der Waals surface area contributed by atoms with Gasteiger partial charge in [-0.15, -0.1) is 0 Å². The largest absolute Gasteiger partial charge is 0.497 e. The van der Waals surface area contributed by atoms with Gasteiger partial charge in [-0.3, -0.25) is 0 Å². The number of ether oxygens (including phenoxy) is 1. The minimum Gasteiger partial charge on any atom is -0.497 e. The molecule has 1 aliphatic carbocycles. The number of benzene rings is 1. The van der Waals surface area contributed by atoms with E-state index in [0.717, 1.165) is 28.3 Å². The molecular weight excluding hydrogens is 258 g/mol. The molecule has 0 atom stereocenters. The van der Waals surface area contributed by atoms with E-state index in [4.69, 9.17) is 16.3 Å². The van der Waals surface area contributed by atoms with Gasteiger partial charge in [0.25, 0.3) is 0 Å². The summed E-state index contributed by atoms with van der Waals surface area (Å²) in [5.41, 5.74) is 0.994. The maximum atomic E-state index is 6.23. The summed E-state index contributed by atoms with van der Waals surface area (Å²) < 4.78 is 5.25. The van der Waals surface area contributed by atoms with Crippen LogP contribution in [0.15, 0.2) is 18.2 Å². The molecule has 2 nitrogen and oxygen atoms in total. The highest BCUT2D eigenvalue weighted by molar-refractivity contribution is 6.33. The predicted molar refractivity (Wildman–Crippen MR) is 82.2 cm³/mol. The molecule has 0 amide bonds. The molecule has 0 aromatic heterocycles. The Labute approximate surface area is 121 Å². The summed E-state index contributed by atoms with van der Waals surface area (Å²) in [4.78, 5) is 0. The Morgan fingerprint density at radius 3 is 2.47 bits per heavy atom. The van der Waals surface area contributed by atoms with Gasteiger partial charge in [0.15, 0.2) is 0 Å². The van der Waals surface area contributed by atoms with Gasteiger partial charge in [0.1, 0.15) is 5.75 Å². The molecule has 0 bridgehead atoms. The molecule has 0 heterocycles. The number of rotatable bonds is 4. The molecule has 1 aliphatic rings. The van der Waals surface area contributed by atoms with Gasteiger partial charge >= 0.3 is 0 Å². The van der Waals surface area contributed by atoms with Crippen LogP contribution in [-0.4, -0.2) is 13.2 Å². The van der Waals surface area contributed by atoms with Gasteiger partial charge in [0, 0.05) is 12.1 Å². The van der Waals surface area contributed by atoms with E-state index in [1.165, 1.54) is 25.7 Å². The van der Waals surface area contributed by atoms with Gasteiger partial charge in [0.2, 0.25) is 0 Å². The lowest BCUT2D eigenvalue weighted by atomic mass is 9.79. The van der Waals surface area contributed by atoms with Gasteiger partial charge in [-0.05, 0) is 49.7 Å². The number of anilines is 1. The Balaban J connectivity index is 1.95. The van der Waals surface area contributed by atoms with Crippen molar-refractivity contribution in [3.63, 3.8) is 0 Å². The van der Waals surface area contributed by atoms with Gasteiger partial charge in [-0.25, -0.2) is 0 Å². The number of halogens is 1. The first-order valence-electron chi connectivity index (χ1n) is 7.20. The molecule has 0 saturated heterocycles. The van der Waals surface area contributed by atoms with E-state index in [1.54, 1.807) is 7.11 Å². The van der Waals surface area contributed by atoms with E-state index in [1.807, 2.05) is 18.2 Å². The number of methoxy groups -OCH3 is 1. The minimum absolute atomic E-state index is 0.541. The lowest BCUT2D eigenvalue weighted by molar-refractivity contribution is 0.267. The Kier molecular flexibility index (Phi) is 4.98. The van der Waals surface area contributed by atoms with Crippen LogP contribution in [0.25, 0.3) is 0 Å². The van der Waals surface area contributed by atoms with Crippen LogP contribution in [0.1, 0.15) is 39.5 Å². The maximum Gasteiger partial charge on any atom is 0.121 e. The van der Waals surface area contributed by atoms with Crippen LogP contribution in [0.4, 0.5) is 5.69 Å². The molecule has 1 fully saturated rings. The monoisotopic (exact) mass is 281 g/mol. The van der Waals surface area contributed by atoms with Crippen molar-refractivity contribution in [3.05, 3.63) is 23.2 Å². The summed E-state index contributed by atoms with van der Waals surface area (Å²) in [6.45, 7) is 4.66. The molecule has 19 heavy (non-hydrogen) atoms. The van der Waals surface area contributed by atoms with E-state index < -0.39 is 0 Å². The lowest BCUT2D eigenvalue weighted by Gasteiger charge is -2.32. The van der Waals surface area contributed by atoms with Gasteiger partial charge < -0.3 is 10.1 Å². The lowest BCUT2D eigenvalue weighted by Crippen LogP contribution is -2.28. The van der Waals surface area contributed by atoms with Crippen LogP contribution in [0.5, 0.6) is 5.75 Å². The van der Waals surface area contributed by atoms with Gasteiger partial charge in [-0.2, -0.15) is 0 Å². The first kappa shape index (κ1) is 14.5. The molecular formula is C16H24ClNO. The van der Waals surface area contributed by atoms with Crippen molar-refractivity contribution in [2.75, 3.05) is 12.4 Å². The quantitative estimate of drug-likeness (QED) is 0.841. The fourth-order valence-corrected chi connectivity index (χ4v) is 3.06. The predicted octanol–water partition coefficient (Wildman–Crippen LogP) is 4.98. The summed E-state index contributed by atoms with van der Waals surface area (Å²) in [7, 11) is 1.68. The van der Waals surface area contributed by atoms with E-state index in [0.29, 0.717) is 6.04 Å². The Morgan fingerprint density at radius 1 is 1.21 bits per heavy atom. The van der Waals surface area contributed by atoms with Crippen molar-refractivity contribution >= 4 is 17.3 Å². The normalized spacial score (nSPS) is 23.4. The smallest absolute Gasteiger partial charge is 0.121 e. The van der Waals surface area contributed by atoms with Crippen LogP contribution in [0.3, 0.4) is 0 Å². The standard InChI is InChI=1S/C16H24ClNO/c1-11(2)12-4-6-13(7-5-12)18-16-10-14(19-3)8-9-15(16)17/h8-13,18H,4-7H2,1-3H3. The molecule has 3 heteroatoms. The summed E-state index contributed by atoms with van der Waals surface area (Å²) in [6.07, 6.45) is 5.10. The molecule has 1 aromatic rings. The molecule has 106 valence electrons. The van der Waals surface area contributed by atoms with Gasteiger partial charge in [0.05, 0.1) is 17.8 Å². The molecule has 2 rings (SSSR count). The van der Waals surface area contributed by atoms with E-state index >= 15 is 0 Å². The van der Waals surface area contributed by atoms with Crippen LogP contribution >= 0.6 is 11.6 Å². The second kappa shape index (κ2) is 6.51. The van der Waals surface area contributed by atoms with E-state index in [-0.39, 0.29) is 0 Å². The second-order valence-electron chi connectivity index (χ2n) is 5.85. The minimum atomic E-state index is 0.541. The van der Waals surface area contributed by atoms with Crippen LogP contribution in [0, 0.1) is 11.8 Å².